The van der Waals surface area contributed by atoms with E-state index < -0.39 is 0 Å². The second kappa shape index (κ2) is 5.65. The van der Waals surface area contributed by atoms with Gasteiger partial charge in [-0.1, -0.05) is 0 Å². The Labute approximate surface area is 93.4 Å². The van der Waals surface area contributed by atoms with Crippen LogP contribution in [0.3, 0.4) is 0 Å². The minimum Gasteiger partial charge on any atom is -0.384 e. The fourth-order valence-corrected chi connectivity index (χ4v) is 1.50. The first kappa shape index (κ1) is 11.9. The third-order valence-corrected chi connectivity index (χ3v) is 2.69. The maximum absolute atomic E-state index is 11.3. The first-order valence-electron chi connectivity index (χ1n) is 4.67. The number of nitrogen functional groups attached to an aromatic ring is 1. The number of nitrogens with zero attached hydrogens (tertiary/aromatic N) is 2. The molecule has 0 aromatic carbocycles. The molecule has 15 heavy (non-hydrogen) atoms. The fraction of sp³-hybridized carbons (Fsp3) is 0.556. The molecule has 0 spiro atoms. The quantitative estimate of drug-likeness (QED) is 0.764. The van der Waals surface area contributed by atoms with Crippen molar-refractivity contribution in [2.75, 3.05) is 17.7 Å². The summed E-state index contributed by atoms with van der Waals surface area (Å²) in [7, 11) is 1.77. The summed E-state index contributed by atoms with van der Waals surface area (Å²) in [5, 5.41) is 6.79. The molecule has 0 atom stereocenters. The molecule has 1 heterocycles. The molecule has 84 valence electrons. The summed E-state index contributed by atoms with van der Waals surface area (Å²) >= 11 is 1.66. The van der Waals surface area contributed by atoms with Crippen LogP contribution < -0.4 is 11.1 Å². The zero-order valence-corrected chi connectivity index (χ0v) is 9.80. The molecule has 6 heteroatoms. The van der Waals surface area contributed by atoms with Crippen LogP contribution in [0.15, 0.2) is 6.20 Å². The Bertz CT molecular complexity index is 337. The van der Waals surface area contributed by atoms with Gasteiger partial charge in [-0.15, -0.1) is 0 Å². The molecule has 0 radical (unpaired) electrons. The summed E-state index contributed by atoms with van der Waals surface area (Å²) in [5.41, 5.74) is 6.59. The first-order valence-corrected chi connectivity index (χ1v) is 6.06. The van der Waals surface area contributed by atoms with Gasteiger partial charge in [0.2, 0.25) is 5.91 Å². The van der Waals surface area contributed by atoms with Crippen LogP contribution in [-0.2, 0) is 18.4 Å². The molecule has 3 N–H and O–H groups in total. The smallest absolute Gasteiger partial charge is 0.221 e. The highest BCUT2D eigenvalue weighted by Crippen LogP contribution is 2.08. The van der Waals surface area contributed by atoms with E-state index in [1.807, 2.05) is 6.26 Å². The minimum atomic E-state index is 0.0487. The van der Waals surface area contributed by atoms with E-state index in [-0.39, 0.29) is 5.91 Å². The van der Waals surface area contributed by atoms with E-state index in [4.69, 9.17) is 5.73 Å². The normalized spacial score (nSPS) is 10.3. The van der Waals surface area contributed by atoms with Gasteiger partial charge in [-0.25, -0.2) is 0 Å². The van der Waals surface area contributed by atoms with E-state index in [2.05, 4.69) is 10.4 Å². The van der Waals surface area contributed by atoms with Crippen LogP contribution in [0.4, 0.5) is 5.82 Å². The van der Waals surface area contributed by atoms with E-state index in [0.29, 0.717) is 18.8 Å². The number of anilines is 1. The van der Waals surface area contributed by atoms with Gasteiger partial charge in [0.05, 0.1) is 6.20 Å². The van der Waals surface area contributed by atoms with Crippen molar-refractivity contribution in [3.05, 3.63) is 11.8 Å². The molecule has 0 fully saturated rings. The van der Waals surface area contributed by atoms with E-state index in [0.717, 1.165) is 11.3 Å². The van der Waals surface area contributed by atoms with Crippen LogP contribution >= 0.6 is 11.8 Å². The van der Waals surface area contributed by atoms with Crippen molar-refractivity contribution in [2.24, 2.45) is 7.05 Å². The number of amides is 1. The molecule has 0 aliphatic heterocycles. The lowest BCUT2D eigenvalue weighted by Gasteiger charge is -2.03. The Morgan fingerprint density at radius 2 is 2.47 bits per heavy atom. The topological polar surface area (TPSA) is 72.9 Å². The second-order valence-corrected chi connectivity index (χ2v) is 4.18. The summed E-state index contributed by atoms with van der Waals surface area (Å²) in [6.45, 7) is 0.451. The highest BCUT2D eigenvalue weighted by atomic mass is 32.2. The van der Waals surface area contributed by atoms with Gasteiger partial charge < -0.3 is 11.1 Å². The third-order valence-electron chi connectivity index (χ3n) is 2.07. The lowest BCUT2D eigenvalue weighted by Crippen LogP contribution is -2.23. The predicted molar refractivity (Wildman–Crippen MR) is 62.5 cm³/mol. The number of carbonyl (C=O) groups excluding carboxylic acids is 1. The number of rotatable bonds is 5. The average Bonchev–Trinajstić information content (AvgIpc) is 2.54. The second-order valence-electron chi connectivity index (χ2n) is 3.20. The van der Waals surface area contributed by atoms with Crippen molar-refractivity contribution in [1.29, 1.82) is 0 Å². The molecule has 0 bridgehead atoms. The lowest BCUT2D eigenvalue weighted by molar-refractivity contribution is -0.120. The third kappa shape index (κ3) is 3.47. The summed E-state index contributed by atoms with van der Waals surface area (Å²) in [5.74, 6) is 1.49. The summed E-state index contributed by atoms with van der Waals surface area (Å²) in [4.78, 5) is 11.3. The molecule has 0 aliphatic rings. The van der Waals surface area contributed by atoms with Gasteiger partial charge in [0.25, 0.3) is 0 Å². The standard InChI is InChI=1S/C9H16N4OS/c1-13-9(10)7(6-12-13)5-11-8(14)3-4-15-2/h6H,3-5,10H2,1-2H3,(H,11,14). The van der Waals surface area contributed by atoms with Crippen molar-refractivity contribution in [1.82, 2.24) is 15.1 Å². The molecule has 1 amide bonds. The van der Waals surface area contributed by atoms with Gasteiger partial charge in [-0.2, -0.15) is 16.9 Å². The van der Waals surface area contributed by atoms with Crippen molar-refractivity contribution in [3.63, 3.8) is 0 Å². The number of aromatic nitrogens is 2. The Morgan fingerprint density at radius 3 is 3.00 bits per heavy atom. The number of hydrogen-bond donors (Lipinski definition) is 2. The van der Waals surface area contributed by atoms with Gasteiger partial charge in [-0.3, -0.25) is 9.48 Å². The zero-order valence-electron chi connectivity index (χ0n) is 8.99. The van der Waals surface area contributed by atoms with Gasteiger partial charge in [0.15, 0.2) is 0 Å². The molecular formula is C9H16N4OS. The van der Waals surface area contributed by atoms with Crippen molar-refractivity contribution in [3.8, 4) is 0 Å². The van der Waals surface area contributed by atoms with E-state index >= 15 is 0 Å². The Hall–Kier alpha value is -1.17. The number of carbonyl (C=O) groups is 1. The van der Waals surface area contributed by atoms with Crippen molar-refractivity contribution in [2.45, 2.75) is 13.0 Å². The lowest BCUT2D eigenvalue weighted by atomic mass is 10.3. The van der Waals surface area contributed by atoms with Gasteiger partial charge in [-0.05, 0) is 6.26 Å². The van der Waals surface area contributed by atoms with E-state index in [1.165, 1.54) is 0 Å². The molecule has 1 rings (SSSR count). The summed E-state index contributed by atoms with van der Waals surface area (Å²) in [6.07, 6.45) is 4.19. The summed E-state index contributed by atoms with van der Waals surface area (Å²) < 4.78 is 1.59. The number of hydrogen-bond acceptors (Lipinski definition) is 4. The Kier molecular flexibility index (Phi) is 4.48. The molecule has 0 unspecified atom stereocenters. The molecule has 5 nitrogen and oxygen atoms in total. The molecule has 0 saturated carbocycles. The zero-order chi connectivity index (χ0) is 11.3. The van der Waals surface area contributed by atoms with Gasteiger partial charge in [0, 0.05) is 31.3 Å². The van der Waals surface area contributed by atoms with Crippen molar-refractivity contribution >= 4 is 23.5 Å². The van der Waals surface area contributed by atoms with Crippen LogP contribution in [-0.4, -0.2) is 27.7 Å². The molecule has 1 aromatic heterocycles. The number of nitrogens with one attached hydrogen (secondary N) is 1. The Morgan fingerprint density at radius 1 is 1.73 bits per heavy atom. The average molecular weight is 228 g/mol. The maximum atomic E-state index is 11.3. The molecule has 0 saturated heterocycles. The van der Waals surface area contributed by atoms with E-state index in [9.17, 15) is 4.79 Å². The van der Waals surface area contributed by atoms with Gasteiger partial charge >= 0.3 is 0 Å². The first-order chi connectivity index (χ1) is 7.15. The number of nitrogens with two attached hydrogens (primary N) is 1. The van der Waals surface area contributed by atoms with Crippen LogP contribution in [0.1, 0.15) is 12.0 Å². The van der Waals surface area contributed by atoms with Crippen LogP contribution in [0.5, 0.6) is 0 Å². The fourth-order valence-electron chi connectivity index (χ4n) is 1.11. The molecule has 1 aromatic rings. The minimum absolute atomic E-state index is 0.0487. The van der Waals surface area contributed by atoms with Crippen LogP contribution in [0.25, 0.3) is 0 Å². The number of aryl methyl sites for hydroxylation is 1. The van der Waals surface area contributed by atoms with Gasteiger partial charge in [0.1, 0.15) is 5.82 Å². The summed E-state index contributed by atoms with van der Waals surface area (Å²) in [6, 6.07) is 0. The van der Waals surface area contributed by atoms with Crippen LogP contribution in [0.2, 0.25) is 0 Å². The Balaban J connectivity index is 2.37. The highest BCUT2D eigenvalue weighted by molar-refractivity contribution is 7.98. The van der Waals surface area contributed by atoms with Crippen molar-refractivity contribution < 1.29 is 4.79 Å². The van der Waals surface area contributed by atoms with E-state index in [1.54, 1.807) is 29.7 Å². The molecular weight excluding hydrogens is 212 g/mol. The number of thioether (sulfide) groups is 1. The SMILES string of the molecule is CSCCC(=O)NCc1cnn(C)c1N. The molecule has 0 aliphatic carbocycles. The maximum Gasteiger partial charge on any atom is 0.221 e. The van der Waals surface area contributed by atoms with Crippen LogP contribution in [0, 0.1) is 0 Å². The largest absolute Gasteiger partial charge is 0.384 e. The predicted octanol–water partition coefficient (Wildman–Crippen LogP) is 0.372. The monoisotopic (exact) mass is 228 g/mol. The highest BCUT2D eigenvalue weighted by Gasteiger charge is 2.06.